The molecule has 1 aromatic carbocycles. The highest BCUT2D eigenvalue weighted by molar-refractivity contribution is 5.95. The number of nitrogens with zero attached hydrogens (tertiary/aromatic N) is 1. The molecule has 0 fully saturated rings. The first kappa shape index (κ1) is 13.7. The fourth-order valence-corrected chi connectivity index (χ4v) is 1.25. The van der Waals surface area contributed by atoms with Gasteiger partial charge in [0.1, 0.15) is 5.82 Å². The molecule has 0 atom stereocenters. The molecule has 0 aromatic heterocycles. The monoisotopic (exact) mass is 253 g/mol. The molecule has 1 amide bonds. The van der Waals surface area contributed by atoms with Crippen LogP contribution in [0.15, 0.2) is 36.1 Å². The highest BCUT2D eigenvalue weighted by Gasteiger charge is 2.13. The minimum absolute atomic E-state index is 0.0189. The van der Waals surface area contributed by atoms with Crippen molar-refractivity contribution < 1.29 is 24.2 Å². The standard InChI is InChI=1S/C12H12FNO4/c1-14(11(16)6-10(15)12(17)18)7-8-4-2-3-5-9(8)13/h2-6,15H,7H2,1H3,(H,17,18). The topological polar surface area (TPSA) is 77.8 Å². The van der Waals surface area contributed by atoms with Gasteiger partial charge in [-0.15, -0.1) is 0 Å². The number of rotatable bonds is 4. The highest BCUT2D eigenvalue weighted by Crippen LogP contribution is 2.09. The third-order valence-corrected chi connectivity index (χ3v) is 2.22. The van der Waals surface area contributed by atoms with Crippen LogP contribution in [-0.4, -0.2) is 34.0 Å². The average Bonchev–Trinajstić information content (AvgIpc) is 2.31. The highest BCUT2D eigenvalue weighted by atomic mass is 19.1. The third kappa shape index (κ3) is 3.58. The molecule has 0 saturated heterocycles. The SMILES string of the molecule is CN(Cc1ccccc1F)C(=O)C=C(O)C(=O)O. The molecule has 0 radical (unpaired) electrons. The van der Waals surface area contributed by atoms with Crippen LogP contribution in [0.1, 0.15) is 5.56 Å². The molecule has 0 aliphatic carbocycles. The van der Waals surface area contributed by atoms with Crippen molar-refractivity contribution in [1.29, 1.82) is 0 Å². The van der Waals surface area contributed by atoms with Crippen LogP contribution in [0.2, 0.25) is 0 Å². The molecule has 6 heteroatoms. The minimum atomic E-state index is -1.59. The number of aliphatic carboxylic acids is 1. The third-order valence-electron chi connectivity index (χ3n) is 2.22. The number of hydrogen-bond acceptors (Lipinski definition) is 3. The van der Waals surface area contributed by atoms with Gasteiger partial charge in [-0.3, -0.25) is 4.79 Å². The Kier molecular flexibility index (Phi) is 4.42. The second-order valence-corrected chi connectivity index (χ2v) is 3.62. The number of carbonyl (C=O) groups excluding carboxylic acids is 1. The van der Waals surface area contributed by atoms with Gasteiger partial charge in [-0.25, -0.2) is 9.18 Å². The Bertz CT molecular complexity index is 499. The summed E-state index contributed by atoms with van der Waals surface area (Å²) in [5.74, 6) is -3.83. The van der Waals surface area contributed by atoms with Crippen LogP contribution in [0.4, 0.5) is 4.39 Å². The number of aliphatic hydroxyl groups excluding tert-OH is 1. The molecule has 1 aromatic rings. The summed E-state index contributed by atoms with van der Waals surface area (Å²) < 4.78 is 13.3. The van der Waals surface area contributed by atoms with Crippen molar-refractivity contribution in [3.8, 4) is 0 Å². The molecule has 96 valence electrons. The van der Waals surface area contributed by atoms with Crippen molar-refractivity contribution in [2.45, 2.75) is 6.54 Å². The van der Waals surface area contributed by atoms with Gasteiger partial charge in [0.05, 0.1) is 6.08 Å². The van der Waals surface area contributed by atoms with E-state index < -0.39 is 23.5 Å². The largest absolute Gasteiger partial charge is 0.502 e. The van der Waals surface area contributed by atoms with Gasteiger partial charge in [-0.2, -0.15) is 0 Å². The van der Waals surface area contributed by atoms with E-state index in [9.17, 15) is 14.0 Å². The van der Waals surface area contributed by atoms with E-state index in [1.165, 1.54) is 25.2 Å². The summed E-state index contributed by atoms with van der Waals surface area (Å²) in [5, 5.41) is 17.3. The van der Waals surface area contributed by atoms with Crippen LogP contribution < -0.4 is 0 Å². The lowest BCUT2D eigenvalue weighted by Crippen LogP contribution is -2.25. The van der Waals surface area contributed by atoms with Crippen LogP contribution in [0, 0.1) is 5.82 Å². The number of likely N-dealkylation sites (N-methyl/N-ethyl adjacent to an activating group) is 1. The molecule has 1 rings (SSSR count). The maximum absolute atomic E-state index is 13.3. The summed E-state index contributed by atoms with van der Waals surface area (Å²) >= 11 is 0. The predicted molar refractivity (Wildman–Crippen MR) is 61.2 cm³/mol. The molecule has 0 saturated carbocycles. The lowest BCUT2D eigenvalue weighted by molar-refractivity contribution is -0.136. The summed E-state index contributed by atoms with van der Waals surface area (Å²) in [4.78, 5) is 22.9. The number of benzene rings is 1. The van der Waals surface area contributed by atoms with Crippen molar-refractivity contribution in [2.75, 3.05) is 7.05 Å². The Balaban J connectivity index is 2.75. The van der Waals surface area contributed by atoms with Gasteiger partial charge >= 0.3 is 5.97 Å². The second-order valence-electron chi connectivity index (χ2n) is 3.62. The average molecular weight is 253 g/mol. The van der Waals surface area contributed by atoms with Crippen LogP contribution in [0.25, 0.3) is 0 Å². The van der Waals surface area contributed by atoms with E-state index in [-0.39, 0.29) is 6.54 Å². The zero-order valence-electron chi connectivity index (χ0n) is 9.63. The molecule has 18 heavy (non-hydrogen) atoms. The summed E-state index contributed by atoms with van der Waals surface area (Å²) in [7, 11) is 1.38. The molecule has 0 spiro atoms. The number of carboxylic acids is 1. The molecule has 0 aliphatic rings. The molecule has 2 N–H and O–H groups in total. The molecule has 0 heterocycles. The van der Waals surface area contributed by atoms with Gasteiger partial charge in [-0.1, -0.05) is 18.2 Å². The Morgan fingerprint density at radius 1 is 1.33 bits per heavy atom. The van der Waals surface area contributed by atoms with E-state index in [1.54, 1.807) is 6.07 Å². The first-order valence-corrected chi connectivity index (χ1v) is 5.04. The fraction of sp³-hybridized carbons (Fsp3) is 0.167. The molecule has 0 aliphatic heterocycles. The zero-order chi connectivity index (χ0) is 13.7. The van der Waals surface area contributed by atoms with E-state index in [0.717, 1.165) is 4.90 Å². The van der Waals surface area contributed by atoms with E-state index in [2.05, 4.69) is 0 Å². The lowest BCUT2D eigenvalue weighted by atomic mass is 10.2. The Hall–Kier alpha value is -2.37. The number of hydrogen-bond donors (Lipinski definition) is 2. The number of carboxylic acid groups (broad SMARTS) is 1. The maximum atomic E-state index is 13.3. The zero-order valence-corrected chi connectivity index (χ0v) is 9.63. The number of halogens is 1. The molecule has 0 unspecified atom stereocenters. The van der Waals surface area contributed by atoms with Crippen molar-refractivity contribution >= 4 is 11.9 Å². The number of amides is 1. The number of carbonyl (C=O) groups is 2. The Labute approximate surface area is 103 Å². The first-order valence-electron chi connectivity index (χ1n) is 5.04. The predicted octanol–water partition coefficient (Wildman–Crippen LogP) is 1.31. The second kappa shape index (κ2) is 5.81. The first-order chi connectivity index (χ1) is 8.41. The van der Waals surface area contributed by atoms with Crippen molar-refractivity contribution in [2.24, 2.45) is 0 Å². The summed E-state index contributed by atoms with van der Waals surface area (Å²) in [5.41, 5.74) is 0.302. The van der Waals surface area contributed by atoms with E-state index in [4.69, 9.17) is 10.2 Å². The van der Waals surface area contributed by atoms with E-state index in [0.29, 0.717) is 11.6 Å². The summed E-state index contributed by atoms with van der Waals surface area (Å²) in [6, 6.07) is 5.93. The lowest BCUT2D eigenvalue weighted by Gasteiger charge is -2.15. The summed E-state index contributed by atoms with van der Waals surface area (Å²) in [6.07, 6.45) is 0.573. The van der Waals surface area contributed by atoms with Crippen LogP contribution in [0.3, 0.4) is 0 Å². The molecular formula is C12H12FNO4. The molecular weight excluding hydrogens is 241 g/mol. The van der Waals surface area contributed by atoms with E-state index in [1.807, 2.05) is 0 Å². The maximum Gasteiger partial charge on any atom is 0.371 e. The van der Waals surface area contributed by atoms with Gasteiger partial charge in [0, 0.05) is 19.2 Å². The van der Waals surface area contributed by atoms with Crippen molar-refractivity contribution in [1.82, 2.24) is 4.90 Å². The van der Waals surface area contributed by atoms with Crippen LogP contribution in [0.5, 0.6) is 0 Å². The van der Waals surface area contributed by atoms with Gasteiger partial charge in [0.15, 0.2) is 0 Å². The number of aliphatic hydroxyl groups is 1. The van der Waals surface area contributed by atoms with Gasteiger partial charge in [0.25, 0.3) is 5.91 Å². The minimum Gasteiger partial charge on any atom is -0.502 e. The fourth-order valence-electron chi connectivity index (χ4n) is 1.25. The quantitative estimate of drug-likeness (QED) is 0.626. The van der Waals surface area contributed by atoms with Gasteiger partial charge in [0.2, 0.25) is 5.76 Å². The van der Waals surface area contributed by atoms with Crippen LogP contribution >= 0.6 is 0 Å². The molecule has 5 nitrogen and oxygen atoms in total. The smallest absolute Gasteiger partial charge is 0.371 e. The van der Waals surface area contributed by atoms with Gasteiger partial charge < -0.3 is 15.1 Å². The van der Waals surface area contributed by atoms with Crippen molar-refractivity contribution in [3.05, 3.63) is 47.5 Å². The Morgan fingerprint density at radius 3 is 2.50 bits per heavy atom. The van der Waals surface area contributed by atoms with Crippen molar-refractivity contribution in [3.63, 3.8) is 0 Å². The Morgan fingerprint density at radius 2 is 1.94 bits per heavy atom. The van der Waals surface area contributed by atoms with Gasteiger partial charge in [-0.05, 0) is 6.07 Å². The summed E-state index contributed by atoms with van der Waals surface area (Å²) in [6.45, 7) is -0.0189. The van der Waals surface area contributed by atoms with Crippen LogP contribution in [-0.2, 0) is 16.1 Å². The normalized spacial score (nSPS) is 11.1. The molecule has 0 bridgehead atoms. The van der Waals surface area contributed by atoms with E-state index >= 15 is 0 Å².